The highest BCUT2D eigenvalue weighted by Crippen LogP contribution is 2.34. The molecule has 1 N–H and O–H groups in total. The van der Waals surface area contributed by atoms with Crippen LogP contribution in [-0.4, -0.2) is 27.5 Å². The fourth-order valence-corrected chi connectivity index (χ4v) is 2.41. The molecule has 0 saturated heterocycles. The average molecular weight is 380 g/mol. The number of carboxylic acids is 1. The lowest BCUT2D eigenvalue weighted by molar-refractivity contribution is -0.139. The summed E-state index contributed by atoms with van der Waals surface area (Å²) in [5.74, 6) is -1.81. The number of nitrogens with zero attached hydrogens (tertiary/aromatic N) is 2. The van der Waals surface area contributed by atoms with E-state index in [0.717, 1.165) is 12.1 Å². The maximum absolute atomic E-state index is 13.2. The van der Waals surface area contributed by atoms with Crippen LogP contribution < -0.4 is 4.74 Å². The molecule has 0 unspecified atom stereocenters. The van der Waals surface area contributed by atoms with Crippen LogP contribution in [-0.2, 0) is 11.0 Å². The highest BCUT2D eigenvalue weighted by atomic mass is 19.4. The van der Waals surface area contributed by atoms with Crippen molar-refractivity contribution in [3.63, 3.8) is 0 Å². The minimum atomic E-state index is -4.53. The van der Waals surface area contributed by atoms with Crippen molar-refractivity contribution in [1.82, 2.24) is 9.78 Å². The van der Waals surface area contributed by atoms with E-state index in [2.05, 4.69) is 5.10 Å². The van der Waals surface area contributed by atoms with E-state index in [1.165, 1.54) is 47.1 Å². The van der Waals surface area contributed by atoms with Crippen molar-refractivity contribution in [3.05, 3.63) is 66.0 Å². The van der Waals surface area contributed by atoms with E-state index < -0.39 is 30.1 Å². The third kappa shape index (κ3) is 4.25. The van der Waals surface area contributed by atoms with Gasteiger partial charge >= 0.3 is 12.1 Å². The zero-order chi connectivity index (χ0) is 19.6. The molecule has 5 nitrogen and oxygen atoms in total. The van der Waals surface area contributed by atoms with Gasteiger partial charge in [0.15, 0.2) is 6.61 Å². The zero-order valence-electron chi connectivity index (χ0n) is 13.6. The summed E-state index contributed by atoms with van der Waals surface area (Å²) in [6.45, 7) is -0.664. The molecule has 3 rings (SSSR count). The Balaban J connectivity index is 2.10. The molecule has 9 heteroatoms. The molecule has 3 aromatic rings. The molecule has 0 spiro atoms. The summed E-state index contributed by atoms with van der Waals surface area (Å²) in [5.41, 5.74) is -0.0613. The molecule has 1 aromatic heterocycles. The highest BCUT2D eigenvalue weighted by molar-refractivity contribution is 5.69. The summed E-state index contributed by atoms with van der Waals surface area (Å²) in [5, 5.41) is 12.8. The number of aliphatic carboxylic acids is 1. The molecule has 0 amide bonds. The number of rotatable bonds is 5. The first-order valence-corrected chi connectivity index (χ1v) is 7.62. The summed E-state index contributed by atoms with van der Waals surface area (Å²) in [6, 6.07) is 11.0. The van der Waals surface area contributed by atoms with Crippen molar-refractivity contribution in [1.29, 1.82) is 0 Å². The summed E-state index contributed by atoms with van der Waals surface area (Å²) >= 11 is 0. The van der Waals surface area contributed by atoms with Crippen LogP contribution in [0.3, 0.4) is 0 Å². The van der Waals surface area contributed by atoms with Crippen molar-refractivity contribution in [2.24, 2.45) is 0 Å². The van der Waals surface area contributed by atoms with Gasteiger partial charge in [-0.2, -0.15) is 13.2 Å². The van der Waals surface area contributed by atoms with Crippen molar-refractivity contribution in [3.8, 4) is 22.8 Å². The summed E-state index contributed by atoms with van der Waals surface area (Å²) in [4.78, 5) is 10.7. The number of alkyl halides is 3. The van der Waals surface area contributed by atoms with Gasteiger partial charge in [-0.1, -0.05) is 12.1 Å². The Morgan fingerprint density at radius 1 is 1.11 bits per heavy atom. The molecule has 0 fully saturated rings. The Hall–Kier alpha value is -3.36. The van der Waals surface area contributed by atoms with Crippen LogP contribution >= 0.6 is 0 Å². The molecular formula is C18H12F4N2O3. The van der Waals surface area contributed by atoms with Crippen LogP contribution in [0.25, 0.3) is 16.9 Å². The van der Waals surface area contributed by atoms with Crippen LogP contribution in [0.4, 0.5) is 17.6 Å². The van der Waals surface area contributed by atoms with Gasteiger partial charge in [-0.15, -0.1) is 5.10 Å². The first-order valence-electron chi connectivity index (χ1n) is 7.62. The number of carboxylic acid groups (broad SMARTS) is 1. The van der Waals surface area contributed by atoms with Gasteiger partial charge in [0, 0.05) is 11.6 Å². The fourth-order valence-electron chi connectivity index (χ4n) is 2.41. The first-order chi connectivity index (χ1) is 12.7. The maximum Gasteiger partial charge on any atom is 0.416 e. The molecule has 0 aliphatic carbocycles. The fraction of sp³-hybridized carbons (Fsp3) is 0.111. The number of hydrogen-bond acceptors (Lipinski definition) is 3. The number of ether oxygens (including phenoxy) is 1. The molecule has 140 valence electrons. The smallest absolute Gasteiger partial charge is 0.416 e. The van der Waals surface area contributed by atoms with Gasteiger partial charge in [-0.25, -0.2) is 13.9 Å². The summed E-state index contributed by atoms with van der Waals surface area (Å²) in [6.07, 6.45) is -4.53. The standard InChI is InChI=1S/C18H12F4N2O3/c19-13-4-6-14(7-5-13)24-15(9-16(23-24)27-10-17(25)26)11-2-1-3-12(8-11)18(20,21)22/h1-9H,10H2,(H,25,26). The molecule has 27 heavy (non-hydrogen) atoms. The zero-order valence-corrected chi connectivity index (χ0v) is 13.6. The van der Waals surface area contributed by atoms with Crippen molar-refractivity contribution in [2.75, 3.05) is 6.61 Å². The molecular weight excluding hydrogens is 368 g/mol. The van der Waals surface area contributed by atoms with Gasteiger partial charge in [-0.3, -0.25) is 0 Å². The molecule has 2 aromatic carbocycles. The van der Waals surface area contributed by atoms with Gasteiger partial charge in [0.2, 0.25) is 5.88 Å². The van der Waals surface area contributed by atoms with E-state index in [-0.39, 0.29) is 17.1 Å². The van der Waals surface area contributed by atoms with Gasteiger partial charge in [0.1, 0.15) is 5.82 Å². The molecule has 0 bridgehead atoms. The number of halogens is 4. The predicted molar refractivity (Wildman–Crippen MR) is 87.1 cm³/mol. The lowest BCUT2D eigenvalue weighted by Crippen LogP contribution is -2.10. The summed E-state index contributed by atoms with van der Waals surface area (Å²) in [7, 11) is 0. The predicted octanol–water partition coefficient (Wildman–Crippen LogP) is 4.16. The van der Waals surface area contributed by atoms with Crippen LogP contribution in [0.15, 0.2) is 54.6 Å². The Morgan fingerprint density at radius 3 is 2.44 bits per heavy atom. The van der Waals surface area contributed by atoms with Crippen LogP contribution in [0.1, 0.15) is 5.56 Å². The van der Waals surface area contributed by atoms with E-state index in [1.807, 2.05) is 0 Å². The van der Waals surface area contributed by atoms with Crippen LogP contribution in [0.5, 0.6) is 5.88 Å². The van der Waals surface area contributed by atoms with Crippen molar-refractivity contribution < 1.29 is 32.2 Å². The van der Waals surface area contributed by atoms with E-state index in [9.17, 15) is 22.4 Å². The van der Waals surface area contributed by atoms with Crippen molar-refractivity contribution >= 4 is 5.97 Å². The average Bonchev–Trinajstić information content (AvgIpc) is 3.04. The monoisotopic (exact) mass is 380 g/mol. The number of hydrogen-bond donors (Lipinski definition) is 1. The Bertz CT molecular complexity index is 965. The number of aromatic nitrogens is 2. The second-order valence-corrected chi connectivity index (χ2v) is 5.52. The molecule has 0 radical (unpaired) electrons. The summed E-state index contributed by atoms with van der Waals surface area (Å²) < 4.78 is 58.5. The first kappa shape index (κ1) is 18.4. The topological polar surface area (TPSA) is 64.3 Å². The SMILES string of the molecule is O=C(O)COc1cc(-c2cccc(C(F)(F)F)c2)n(-c2ccc(F)cc2)n1. The van der Waals surface area contributed by atoms with E-state index in [4.69, 9.17) is 9.84 Å². The van der Waals surface area contributed by atoms with Gasteiger partial charge < -0.3 is 9.84 Å². The number of carbonyl (C=O) groups is 1. The van der Waals surface area contributed by atoms with Gasteiger partial charge in [0.05, 0.1) is 16.9 Å². The Kier molecular flexibility index (Phi) is 4.85. The minimum absolute atomic E-state index is 0.0888. The minimum Gasteiger partial charge on any atom is -0.479 e. The van der Waals surface area contributed by atoms with E-state index in [0.29, 0.717) is 5.69 Å². The maximum atomic E-state index is 13.2. The van der Waals surface area contributed by atoms with Gasteiger partial charge in [-0.05, 0) is 36.4 Å². The lowest BCUT2D eigenvalue weighted by Gasteiger charge is -2.10. The second-order valence-electron chi connectivity index (χ2n) is 5.52. The van der Waals surface area contributed by atoms with Crippen LogP contribution in [0.2, 0.25) is 0 Å². The molecule has 0 saturated carbocycles. The van der Waals surface area contributed by atoms with E-state index >= 15 is 0 Å². The highest BCUT2D eigenvalue weighted by Gasteiger charge is 2.30. The van der Waals surface area contributed by atoms with Crippen LogP contribution in [0, 0.1) is 5.82 Å². The van der Waals surface area contributed by atoms with E-state index in [1.54, 1.807) is 0 Å². The molecule has 0 aliphatic heterocycles. The lowest BCUT2D eigenvalue weighted by atomic mass is 10.1. The Labute approximate surface area is 150 Å². The molecule has 1 heterocycles. The third-order valence-electron chi connectivity index (χ3n) is 3.59. The number of benzene rings is 2. The second kappa shape index (κ2) is 7.10. The third-order valence-corrected chi connectivity index (χ3v) is 3.59. The van der Waals surface area contributed by atoms with Gasteiger partial charge in [0.25, 0.3) is 0 Å². The molecule has 0 aliphatic rings. The quantitative estimate of drug-likeness (QED) is 0.675. The van der Waals surface area contributed by atoms with Crippen molar-refractivity contribution in [2.45, 2.75) is 6.18 Å². The largest absolute Gasteiger partial charge is 0.479 e. The normalized spacial score (nSPS) is 11.4. The molecule has 0 atom stereocenters. The Morgan fingerprint density at radius 2 is 1.81 bits per heavy atom.